The summed E-state index contributed by atoms with van der Waals surface area (Å²) in [6.07, 6.45) is 1.77. The summed E-state index contributed by atoms with van der Waals surface area (Å²) >= 11 is 0. The van der Waals surface area contributed by atoms with Crippen LogP contribution in [0.2, 0.25) is 0 Å². The third kappa shape index (κ3) is 3.89. The van der Waals surface area contributed by atoms with Crippen molar-refractivity contribution in [2.45, 2.75) is 0 Å². The number of aromatic nitrogens is 1. The van der Waals surface area contributed by atoms with E-state index >= 15 is 0 Å². The predicted octanol–water partition coefficient (Wildman–Crippen LogP) is 5.27. The van der Waals surface area contributed by atoms with Gasteiger partial charge in [0, 0.05) is 5.56 Å². The van der Waals surface area contributed by atoms with Crippen LogP contribution in [0.5, 0.6) is 11.5 Å². The molecule has 0 radical (unpaired) electrons. The van der Waals surface area contributed by atoms with Crippen LogP contribution < -0.4 is 9.47 Å². The Hall–Kier alpha value is -3.86. The van der Waals surface area contributed by atoms with Crippen molar-refractivity contribution in [2.75, 3.05) is 14.2 Å². The number of ketones is 1. The molecule has 0 unspecified atom stereocenters. The van der Waals surface area contributed by atoms with Crippen molar-refractivity contribution < 1.29 is 18.7 Å². The molecule has 0 atom stereocenters. The molecule has 5 heteroatoms. The average Bonchev–Trinajstić information content (AvgIpc) is 3.21. The summed E-state index contributed by atoms with van der Waals surface area (Å²) in [5, 5.41) is 0. The predicted molar refractivity (Wildman–Crippen MR) is 112 cm³/mol. The van der Waals surface area contributed by atoms with E-state index in [0.29, 0.717) is 28.0 Å². The topological polar surface area (TPSA) is 61.6 Å². The number of rotatable bonds is 6. The standard InChI is InChI=1S/C24H19NO4/c1-27-18-11-7-16(8-12-18)15-20(23(26)17-9-13-19(28-2)14-10-17)24-25-21-5-3-4-6-22(21)29-24/h3-15H,1-2H3/b20-15+. The van der Waals surface area contributed by atoms with Crippen molar-refractivity contribution in [3.63, 3.8) is 0 Å². The molecule has 5 nitrogen and oxygen atoms in total. The Balaban J connectivity index is 1.80. The summed E-state index contributed by atoms with van der Waals surface area (Å²) in [7, 11) is 3.20. The molecular formula is C24H19NO4. The molecule has 0 N–H and O–H groups in total. The zero-order valence-corrected chi connectivity index (χ0v) is 16.1. The lowest BCUT2D eigenvalue weighted by Gasteiger charge is -2.06. The van der Waals surface area contributed by atoms with E-state index in [1.807, 2.05) is 48.5 Å². The second-order valence-corrected chi connectivity index (χ2v) is 6.38. The van der Waals surface area contributed by atoms with Crippen LogP contribution in [-0.2, 0) is 0 Å². The number of nitrogens with zero attached hydrogens (tertiary/aromatic N) is 1. The number of allylic oxidation sites excluding steroid dienone is 1. The van der Waals surface area contributed by atoms with E-state index in [-0.39, 0.29) is 11.7 Å². The van der Waals surface area contributed by atoms with Crippen LogP contribution >= 0.6 is 0 Å². The van der Waals surface area contributed by atoms with E-state index in [2.05, 4.69) is 4.98 Å². The van der Waals surface area contributed by atoms with E-state index in [1.54, 1.807) is 44.6 Å². The van der Waals surface area contributed by atoms with E-state index in [9.17, 15) is 4.79 Å². The Morgan fingerprint density at radius 1 is 0.862 bits per heavy atom. The van der Waals surface area contributed by atoms with Crippen molar-refractivity contribution in [2.24, 2.45) is 0 Å². The zero-order valence-electron chi connectivity index (χ0n) is 16.1. The van der Waals surface area contributed by atoms with Gasteiger partial charge in [-0.05, 0) is 60.2 Å². The largest absolute Gasteiger partial charge is 0.497 e. The normalized spacial score (nSPS) is 11.4. The number of ether oxygens (including phenoxy) is 2. The fraction of sp³-hybridized carbons (Fsp3) is 0.0833. The first-order chi connectivity index (χ1) is 14.2. The number of Topliss-reactive ketones (excluding diaryl/α,β-unsaturated/α-hetero) is 1. The van der Waals surface area contributed by atoms with Gasteiger partial charge in [0.1, 0.15) is 17.0 Å². The first-order valence-corrected chi connectivity index (χ1v) is 9.08. The highest BCUT2D eigenvalue weighted by molar-refractivity contribution is 6.31. The maximum Gasteiger partial charge on any atom is 0.231 e. The maximum absolute atomic E-state index is 13.3. The van der Waals surface area contributed by atoms with Crippen LogP contribution in [0.25, 0.3) is 22.7 Å². The van der Waals surface area contributed by atoms with Gasteiger partial charge >= 0.3 is 0 Å². The van der Waals surface area contributed by atoms with Crippen LogP contribution in [0, 0.1) is 0 Å². The molecule has 0 aliphatic rings. The van der Waals surface area contributed by atoms with Gasteiger partial charge in [-0.25, -0.2) is 4.98 Å². The van der Waals surface area contributed by atoms with E-state index < -0.39 is 0 Å². The minimum atomic E-state index is -0.185. The van der Waals surface area contributed by atoms with Gasteiger partial charge in [0.05, 0.1) is 19.8 Å². The molecule has 3 aromatic carbocycles. The first kappa shape index (κ1) is 18.5. The number of oxazole rings is 1. The SMILES string of the molecule is COc1ccc(/C=C(\C(=O)c2ccc(OC)cc2)c2nc3ccccc3o2)cc1. The quantitative estimate of drug-likeness (QED) is 0.334. The van der Waals surface area contributed by atoms with E-state index in [4.69, 9.17) is 13.9 Å². The van der Waals surface area contributed by atoms with E-state index in [1.165, 1.54) is 0 Å². The van der Waals surface area contributed by atoms with Gasteiger partial charge in [0.25, 0.3) is 0 Å². The van der Waals surface area contributed by atoms with Crippen molar-refractivity contribution in [1.29, 1.82) is 0 Å². The third-order valence-electron chi connectivity index (χ3n) is 4.55. The average molecular weight is 385 g/mol. The second kappa shape index (κ2) is 8.02. The molecule has 0 aliphatic heterocycles. The van der Waals surface area contributed by atoms with Gasteiger partial charge in [-0.1, -0.05) is 24.3 Å². The molecule has 0 spiro atoms. The zero-order chi connectivity index (χ0) is 20.2. The fourth-order valence-electron chi connectivity index (χ4n) is 2.98. The Kier molecular flexibility index (Phi) is 5.12. The molecule has 1 aromatic heterocycles. The molecule has 0 saturated heterocycles. The Labute approximate surface area is 168 Å². The molecule has 4 rings (SSSR count). The van der Waals surface area contributed by atoms with Gasteiger partial charge in [-0.2, -0.15) is 0 Å². The lowest BCUT2D eigenvalue weighted by atomic mass is 10.0. The molecule has 0 fully saturated rings. The summed E-state index contributed by atoms with van der Waals surface area (Å²) in [6.45, 7) is 0. The number of carbonyl (C=O) groups excluding carboxylic acids is 1. The van der Waals surface area contributed by atoms with Crippen LogP contribution in [-0.4, -0.2) is 25.0 Å². The fourth-order valence-corrected chi connectivity index (χ4v) is 2.98. The van der Waals surface area contributed by atoms with Gasteiger partial charge < -0.3 is 13.9 Å². The molecule has 0 saturated carbocycles. The molecular weight excluding hydrogens is 366 g/mol. The summed E-state index contributed by atoms with van der Waals surface area (Å²) in [4.78, 5) is 17.8. The lowest BCUT2D eigenvalue weighted by Crippen LogP contribution is -2.03. The maximum atomic E-state index is 13.3. The van der Waals surface area contributed by atoms with Crippen LogP contribution in [0.1, 0.15) is 21.8 Å². The van der Waals surface area contributed by atoms with Crippen molar-refractivity contribution in [3.05, 3.63) is 89.8 Å². The van der Waals surface area contributed by atoms with E-state index in [0.717, 1.165) is 11.3 Å². The van der Waals surface area contributed by atoms with Gasteiger partial charge in [0.15, 0.2) is 11.4 Å². The first-order valence-electron chi connectivity index (χ1n) is 9.08. The molecule has 4 aromatic rings. The minimum absolute atomic E-state index is 0.185. The van der Waals surface area contributed by atoms with Gasteiger partial charge in [0.2, 0.25) is 5.89 Å². The number of para-hydroxylation sites is 2. The summed E-state index contributed by atoms with van der Waals surface area (Å²) in [6, 6.07) is 21.8. The number of methoxy groups -OCH3 is 2. The van der Waals surface area contributed by atoms with Gasteiger partial charge in [-0.3, -0.25) is 4.79 Å². The lowest BCUT2D eigenvalue weighted by molar-refractivity contribution is 0.105. The highest BCUT2D eigenvalue weighted by Gasteiger charge is 2.20. The third-order valence-corrected chi connectivity index (χ3v) is 4.55. The number of carbonyl (C=O) groups is 1. The van der Waals surface area contributed by atoms with Crippen LogP contribution in [0.3, 0.4) is 0 Å². The van der Waals surface area contributed by atoms with Crippen LogP contribution in [0.4, 0.5) is 0 Å². The minimum Gasteiger partial charge on any atom is -0.497 e. The number of fused-ring (bicyclic) bond motifs is 1. The molecule has 0 bridgehead atoms. The molecule has 144 valence electrons. The second-order valence-electron chi connectivity index (χ2n) is 6.38. The summed E-state index contributed by atoms with van der Waals surface area (Å²) in [5.74, 6) is 1.52. The molecule has 0 aliphatic carbocycles. The molecule has 0 amide bonds. The molecule has 29 heavy (non-hydrogen) atoms. The summed E-state index contributed by atoms with van der Waals surface area (Å²) < 4.78 is 16.3. The van der Waals surface area contributed by atoms with Crippen molar-refractivity contribution in [1.82, 2.24) is 4.98 Å². The Morgan fingerprint density at radius 2 is 1.48 bits per heavy atom. The van der Waals surface area contributed by atoms with Crippen molar-refractivity contribution in [3.8, 4) is 11.5 Å². The molecule has 1 heterocycles. The Morgan fingerprint density at radius 3 is 2.10 bits per heavy atom. The monoisotopic (exact) mass is 385 g/mol. The highest BCUT2D eigenvalue weighted by atomic mass is 16.5. The smallest absolute Gasteiger partial charge is 0.231 e. The number of hydrogen-bond acceptors (Lipinski definition) is 5. The Bertz CT molecular complexity index is 1140. The summed E-state index contributed by atoms with van der Waals surface area (Å²) in [5.41, 5.74) is 3.06. The van der Waals surface area contributed by atoms with Gasteiger partial charge in [-0.15, -0.1) is 0 Å². The number of benzene rings is 3. The van der Waals surface area contributed by atoms with Crippen LogP contribution in [0.15, 0.2) is 77.2 Å². The number of hydrogen-bond donors (Lipinski definition) is 0. The van der Waals surface area contributed by atoms with Crippen molar-refractivity contribution >= 4 is 28.5 Å². The highest BCUT2D eigenvalue weighted by Crippen LogP contribution is 2.27.